The van der Waals surface area contributed by atoms with Gasteiger partial charge in [0.15, 0.2) is 6.29 Å². The third-order valence-electron chi connectivity index (χ3n) is 9.65. The molecular weight excluding hydrogens is 860 g/mol. The van der Waals surface area contributed by atoms with Gasteiger partial charge >= 0.3 is 12.2 Å². The van der Waals surface area contributed by atoms with Gasteiger partial charge in [-0.3, -0.25) is 9.69 Å². The molecule has 11 nitrogen and oxygen atoms in total. The van der Waals surface area contributed by atoms with Crippen LogP contribution in [0.5, 0.6) is 23.0 Å². The van der Waals surface area contributed by atoms with Crippen molar-refractivity contribution in [2.24, 2.45) is 0 Å². The highest BCUT2D eigenvalue weighted by atomic mass is 79.9. The number of hydrogen-bond acceptors (Lipinski definition) is 9. The number of halogens is 1. The quantitative estimate of drug-likeness (QED) is 0.152. The van der Waals surface area contributed by atoms with Crippen molar-refractivity contribution in [3.05, 3.63) is 142 Å². The molecule has 7 rings (SSSR count). The van der Waals surface area contributed by atoms with Crippen molar-refractivity contribution in [3.63, 3.8) is 0 Å². The third-order valence-corrected chi connectivity index (χ3v) is 10.1. The molecule has 12 heteroatoms. The summed E-state index contributed by atoms with van der Waals surface area (Å²) in [5.74, 6) is 2.94. The zero-order chi connectivity index (χ0) is 45.4. The van der Waals surface area contributed by atoms with Gasteiger partial charge in [-0.05, 0) is 108 Å². The van der Waals surface area contributed by atoms with Gasteiger partial charge in [0, 0.05) is 68.9 Å². The average Bonchev–Trinajstić information content (AvgIpc) is 3.25. The van der Waals surface area contributed by atoms with Crippen molar-refractivity contribution in [2.75, 3.05) is 52.4 Å². The lowest BCUT2D eigenvalue weighted by atomic mass is 10.0. The number of carbonyl (C=O) groups excluding carboxylic acids is 3. The van der Waals surface area contributed by atoms with Crippen LogP contribution < -0.4 is 14.8 Å². The fourth-order valence-electron chi connectivity index (χ4n) is 6.54. The normalized spacial score (nSPS) is 14.2. The molecular formula is C51H61BrN4O7. The summed E-state index contributed by atoms with van der Waals surface area (Å²) in [6, 6.07) is 39.5. The first-order valence-electron chi connectivity index (χ1n) is 21.3. The van der Waals surface area contributed by atoms with Gasteiger partial charge in [-0.2, -0.15) is 0 Å². The predicted molar refractivity (Wildman–Crippen MR) is 253 cm³/mol. The standard InChI is InChI=1S/C29H34N2O3.C13H9BrO2.C9H18N2O2/c1-22-9-8-10-23(19-22)24-13-14-25(27(20-24)33-26-11-6-5-7-12-26)21-30-15-17-31(18-16-30)28(32)34-29(2,3)4;14-11-7-6-10(9-15)13(8-11)16-12-4-2-1-3-5-12;1-9(2,3)13-8(12)11-6-4-10-5-7-11/h5-14,19-20H,15-18,21H2,1-4H3;1-9H;10H,4-7H2,1-3H3. The fraction of sp³-hybridized carbons (Fsp3) is 0.353. The highest BCUT2D eigenvalue weighted by molar-refractivity contribution is 9.10. The molecule has 0 unspecified atom stereocenters. The molecule has 63 heavy (non-hydrogen) atoms. The molecule has 5 aromatic carbocycles. The molecule has 2 aliphatic rings. The summed E-state index contributed by atoms with van der Waals surface area (Å²) in [5.41, 5.74) is 4.34. The van der Waals surface area contributed by atoms with Crippen molar-refractivity contribution < 1.29 is 33.3 Å². The minimum Gasteiger partial charge on any atom is -0.457 e. The summed E-state index contributed by atoms with van der Waals surface area (Å²) < 4.78 is 23.6. The maximum atomic E-state index is 12.4. The van der Waals surface area contributed by atoms with E-state index in [1.54, 1.807) is 21.9 Å². The second kappa shape index (κ2) is 23.1. The largest absolute Gasteiger partial charge is 0.457 e. The number of ether oxygens (including phenoxy) is 4. The van der Waals surface area contributed by atoms with Gasteiger partial charge in [0.25, 0.3) is 0 Å². The van der Waals surface area contributed by atoms with E-state index >= 15 is 0 Å². The van der Waals surface area contributed by atoms with Gasteiger partial charge in [0.2, 0.25) is 0 Å². The summed E-state index contributed by atoms with van der Waals surface area (Å²) in [6.07, 6.45) is 0.349. The van der Waals surface area contributed by atoms with Gasteiger partial charge < -0.3 is 34.1 Å². The van der Waals surface area contributed by atoms with Crippen molar-refractivity contribution >= 4 is 34.4 Å². The Morgan fingerprint density at radius 1 is 0.619 bits per heavy atom. The van der Waals surface area contributed by atoms with Crippen molar-refractivity contribution in [1.29, 1.82) is 0 Å². The smallest absolute Gasteiger partial charge is 0.410 e. The van der Waals surface area contributed by atoms with E-state index in [2.05, 4.69) is 75.5 Å². The monoisotopic (exact) mass is 920 g/mol. The minimum atomic E-state index is -0.475. The first-order valence-corrected chi connectivity index (χ1v) is 22.1. The van der Waals surface area contributed by atoms with Gasteiger partial charge in [-0.1, -0.05) is 94.3 Å². The molecule has 0 aromatic heterocycles. The third kappa shape index (κ3) is 16.5. The van der Waals surface area contributed by atoms with Crippen LogP contribution in [-0.4, -0.2) is 96.7 Å². The van der Waals surface area contributed by atoms with Crippen molar-refractivity contribution in [2.45, 2.75) is 66.2 Å². The number of aldehydes is 1. The number of nitrogens with one attached hydrogen (secondary N) is 1. The molecule has 2 fully saturated rings. The van der Waals surface area contributed by atoms with Gasteiger partial charge in [-0.25, -0.2) is 9.59 Å². The second-order valence-electron chi connectivity index (χ2n) is 17.3. The van der Waals surface area contributed by atoms with Crippen LogP contribution in [0.25, 0.3) is 11.1 Å². The van der Waals surface area contributed by atoms with E-state index in [1.165, 1.54) is 11.1 Å². The molecule has 1 N–H and O–H groups in total. The number of carbonyl (C=O) groups is 3. The molecule has 0 saturated carbocycles. The fourth-order valence-corrected chi connectivity index (χ4v) is 6.88. The minimum absolute atomic E-state index is 0.200. The first kappa shape index (κ1) is 48.3. The Hall–Kier alpha value is -5.69. The van der Waals surface area contributed by atoms with E-state index in [9.17, 15) is 14.4 Å². The summed E-state index contributed by atoms with van der Waals surface area (Å²) in [5, 5.41) is 3.18. The maximum Gasteiger partial charge on any atom is 0.410 e. The number of piperazine rings is 2. The summed E-state index contributed by atoms with van der Waals surface area (Å²) >= 11 is 3.34. The summed E-state index contributed by atoms with van der Waals surface area (Å²) in [4.78, 5) is 40.6. The number of nitrogens with zero attached hydrogens (tertiary/aromatic N) is 3. The van der Waals surface area contributed by atoms with Gasteiger partial charge in [0.1, 0.15) is 34.2 Å². The summed E-state index contributed by atoms with van der Waals surface area (Å²) in [6.45, 7) is 20.3. The lowest BCUT2D eigenvalue weighted by Gasteiger charge is -2.35. The molecule has 2 saturated heterocycles. The molecule has 2 heterocycles. The molecule has 0 aliphatic carbocycles. The highest BCUT2D eigenvalue weighted by Crippen LogP contribution is 2.33. The van der Waals surface area contributed by atoms with Crippen LogP contribution in [0, 0.1) is 6.92 Å². The van der Waals surface area contributed by atoms with Crippen LogP contribution in [0.2, 0.25) is 0 Å². The van der Waals surface area contributed by atoms with Gasteiger partial charge in [-0.15, -0.1) is 0 Å². The van der Waals surface area contributed by atoms with E-state index < -0.39 is 5.60 Å². The second-order valence-corrected chi connectivity index (χ2v) is 18.2. The van der Waals surface area contributed by atoms with Crippen LogP contribution in [-0.2, 0) is 16.0 Å². The average molecular weight is 922 g/mol. The Morgan fingerprint density at radius 3 is 1.70 bits per heavy atom. The van der Waals surface area contributed by atoms with Gasteiger partial charge in [0.05, 0.1) is 5.56 Å². The molecule has 334 valence electrons. The van der Waals surface area contributed by atoms with Crippen LogP contribution in [0.1, 0.15) is 63.0 Å². The maximum absolute atomic E-state index is 12.4. The molecule has 0 bridgehead atoms. The Bertz CT molecular complexity index is 2230. The number of benzene rings is 5. The lowest BCUT2D eigenvalue weighted by molar-refractivity contribution is 0.0137. The van der Waals surface area contributed by atoms with Crippen LogP contribution in [0.3, 0.4) is 0 Å². The lowest BCUT2D eigenvalue weighted by Crippen LogP contribution is -2.49. The van der Waals surface area contributed by atoms with E-state index in [4.69, 9.17) is 18.9 Å². The van der Waals surface area contributed by atoms with E-state index in [1.807, 2.05) is 108 Å². The highest BCUT2D eigenvalue weighted by Gasteiger charge is 2.27. The molecule has 0 radical (unpaired) electrons. The molecule has 2 aliphatic heterocycles. The van der Waals surface area contributed by atoms with Crippen LogP contribution in [0.4, 0.5) is 9.59 Å². The Labute approximate surface area is 381 Å². The SMILES string of the molecule is CC(C)(C)OC(=O)N1CCNCC1.Cc1cccc(-c2ccc(CN3CCN(C(=O)OC(C)(C)C)CC3)c(Oc3ccccc3)c2)c1.O=Cc1ccc(Br)cc1Oc1ccccc1. The Balaban J connectivity index is 0.000000212. The molecule has 2 amide bonds. The zero-order valence-corrected chi connectivity index (χ0v) is 39.2. The Morgan fingerprint density at radius 2 is 1.16 bits per heavy atom. The molecule has 0 atom stereocenters. The topological polar surface area (TPSA) is 110 Å². The Kier molecular flexibility index (Phi) is 17.7. The van der Waals surface area contributed by atoms with E-state index in [0.29, 0.717) is 30.2 Å². The number of hydrogen-bond donors (Lipinski definition) is 1. The number of rotatable bonds is 8. The first-order chi connectivity index (χ1) is 30.0. The summed E-state index contributed by atoms with van der Waals surface area (Å²) in [7, 11) is 0. The van der Waals surface area contributed by atoms with Crippen molar-refractivity contribution in [3.8, 4) is 34.1 Å². The molecule has 5 aromatic rings. The van der Waals surface area contributed by atoms with Crippen LogP contribution in [0.15, 0.2) is 126 Å². The van der Waals surface area contributed by atoms with E-state index in [0.717, 1.165) is 79.2 Å². The number of para-hydroxylation sites is 2. The zero-order valence-electron chi connectivity index (χ0n) is 37.6. The van der Waals surface area contributed by atoms with Crippen LogP contribution >= 0.6 is 15.9 Å². The molecule has 0 spiro atoms. The van der Waals surface area contributed by atoms with E-state index in [-0.39, 0.29) is 17.8 Å². The number of aryl methyl sites for hydroxylation is 1. The predicted octanol–water partition coefficient (Wildman–Crippen LogP) is 11.4. The number of amides is 2. The van der Waals surface area contributed by atoms with Crippen molar-refractivity contribution in [1.82, 2.24) is 20.0 Å².